The molecular weight excluding hydrogens is 228 g/mol. The number of hydrogen-bond acceptors (Lipinski definition) is 5. The zero-order valence-corrected chi connectivity index (χ0v) is 10.1. The number of thioether (sulfide) groups is 1. The Morgan fingerprint density at radius 1 is 1.44 bits per heavy atom. The summed E-state index contributed by atoms with van der Waals surface area (Å²) < 4.78 is 2.24. The summed E-state index contributed by atoms with van der Waals surface area (Å²) in [4.78, 5) is 23.2. The highest BCUT2D eigenvalue weighted by Crippen LogP contribution is 2.19. The van der Waals surface area contributed by atoms with Crippen molar-refractivity contribution in [1.29, 1.82) is 0 Å². The van der Waals surface area contributed by atoms with Crippen LogP contribution in [0.4, 0.5) is 5.82 Å². The van der Waals surface area contributed by atoms with E-state index >= 15 is 0 Å². The highest BCUT2D eigenvalue weighted by molar-refractivity contribution is 7.99. The highest BCUT2D eigenvalue weighted by Gasteiger charge is 2.18. The van der Waals surface area contributed by atoms with Gasteiger partial charge in [0, 0.05) is 25.9 Å². The molecule has 88 valence electrons. The van der Waals surface area contributed by atoms with Crippen LogP contribution in [0.25, 0.3) is 0 Å². The third-order valence-corrected chi connectivity index (χ3v) is 3.75. The van der Waals surface area contributed by atoms with Crippen LogP contribution in [-0.2, 0) is 14.1 Å². The quantitative estimate of drug-likeness (QED) is 0.749. The van der Waals surface area contributed by atoms with E-state index in [4.69, 9.17) is 0 Å². The Kier molecular flexibility index (Phi) is 3.04. The molecule has 1 saturated heterocycles. The molecule has 1 atom stereocenters. The second-order valence-corrected chi connectivity index (χ2v) is 4.97. The van der Waals surface area contributed by atoms with E-state index in [1.54, 1.807) is 0 Å². The van der Waals surface area contributed by atoms with Crippen molar-refractivity contribution in [2.75, 3.05) is 16.8 Å². The van der Waals surface area contributed by atoms with Gasteiger partial charge in [-0.1, -0.05) is 0 Å². The number of anilines is 1. The zero-order valence-electron chi connectivity index (χ0n) is 9.27. The van der Waals surface area contributed by atoms with Gasteiger partial charge in [-0.2, -0.15) is 11.8 Å². The first-order valence-electron chi connectivity index (χ1n) is 5.08. The Morgan fingerprint density at radius 2 is 2.19 bits per heavy atom. The van der Waals surface area contributed by atoms with Crippen LogP contribution >= 0.6 is 11.8 Å². The molecule has 1 aromatic heterocycles. The summed E-state index contributed by atoms with van der Waals surface area (Å²) in [6.45, 7) is 0. The molecule has 2 heterocycles. The number of aryl methyl sites for hydroxylation is 1. The summed E-state index contributed by atoms with van der Waals surface area (Å²) >= 11 is 1.85. The molecule has 0 aromatic carbocycles. The van der Waals surface area contributed by atoms with E-state index in [1.807, 2.05) is 11.8 Å². The van der Waals surface area contributed by atoms with Crippen molar-refractivity contribution in [1.82, 2.24) is 14.3 Å². The van der Waals surface area contributed by atoms with Crippen LogP contribution in [0.15, 0.2) is 9.59 Å². The monoisotopic (exact) mass is 242 g/mol. The third-order valence-electron chi connectivity index (χ3n) is 2.59. The second-order valence-electron chi connectivity index (χ2n) is 3.82. The SMILES string of the molecule is Cn1nc(NC2CCSC2)c(=O)n(C)c1=O. The fraction of sp³-hybridized carbons (Fsp3) is 0.667. The standard InChI is InChI=1S/C9H14N4O2S/c1-12-8(14)7(11-13(2)9(12)15)10-6-3-4-16-5-6/h6H,3-5H2,1-2H3,(H,10,11). The van der Waals surface area contributed by atoms with Gasteiger partial charge in [-0.15, -0.1) is 5.10 Å². The van der Waals surface area contributed by atoms with E-state index < -0.39 is 5.69 Å². The van der Waals surface area contributed by atoms with Crippen LogP contribution in [0, 0.1) is 0 Å². The first-order chi connectivity index (χ1) is 7.59. The van der Waals surface area contributed by atoms with Crippen molar-refractivity contribution in [2.24, 2.45) is 14.1 Å². The minimum absolute atomic E-state index is 0.261. The van der Waals surface area contributed by atoms with E-state index in [1.165, 1.54) is 18.8 Å². The van der Waals surface area contributed by atoms with Crippen LogP contribution in [-0.4, -0.2) is 31.9 Å². The van der Waals surface area contributed by atoms with E-state index in [-0.39, 0.29) is 17.4 Å². The van der Waals surface area contributed by atoms with Crippen LogP contribution in [0.5, 0.6) is 0 Å². The lowest BCUT2D eigenvalue weighted by molar-refractivity contribution is 0.600. The Hall–Kier alpha value is -1.24. The summed E-state index contributed by atoms with van der Waals surface area (Å²) in [5.41, 5.74) is -0.767. The highest BCUT2D eigenvalue weighted by atomic mass is 32.2. The largest absolute Gasteiger partial charge is 0.360 e. The molecule has 1 aliphatic rings. The molecular formula is C9H14N4O2S. The van der Waals surface area contributed by atoms with Crippen LogP contribution < -0.4 is 16.6 Å². The van der Waals surface area contributed by atoms with E-state index in [9.17, 15) is 9.59 Å². The van der Waals surface area contributed by atoms with Gasteiger partial charge in [0.2, 0.25) is 5.82 Å². The smallest absolute Gasteiger partial charge is 0.346 e. The molecule has 7 heteroatoms. The summed E-state index contributed by atoms with van der Waals surface area (Å²) in [5, 5.41) is 7.04. The fourth-order valence-corrected chi connectivity index (χ4v) is 2.78. The first kappa shape index (κ1) is 11.3. The number of nitrogens with zero attached hydrogens (tertiary/aromatic N) is 3. The Morgan fingerprint density at radius 3 is 2.81 bits per heavy atom. The van der Waals surface area contributed by atoms with E-state index in [0.29, 0.717) is 0 Å². The van der Waals surface area contributed by atoms with Gasteiger partial charge < -0.3 is 5.32 Å². The number of nitrogens with one attached hydrogen (secondary N) is 1. The van der Waals surface area contributed by atoms with Crippen molar-refractivity contribution < 1.29 is 0 Å². The molecule has 0 amide bonds. The maximum Gasteiger partial charge on any atom is 0.346 e. The minimum atomic E-state index is -0.406. The first-order valence-corrected chi connectivity index (χ1v) is 6.23. The van der Waals surface area contributed by atoms with E-state index in [2.05, 4.69) is 10.4 Å². The number of hydrogen-bond donors (Lipinski definition) is 1. The lowest BCUT2D eigenvalue weighted by Crippen LogP contribution is -2.41. The van der Waals surface area contributed by atoms with Crippen molar-refractivity contribution in [3.05, 3.63) is 20.8 Å². The van der Waals surface area contributed by atoms with Gasteiger partial charge in [-0.05, 0) is 12.2 Å². The lowest BCUT2D eigenvalue weighted by Gasteiger charge is -2.12. The van der Waals surface area contributed by atoms with Crippen LogP contribution in [0.2, 0.25) is 0 Å². The molecule has 1 unspecified atom stereocenters. The van der Waals surface area contributed by atoms with Crippen LogP contribution in [0.1, 0.15) is 6.42 Å². The predicted molar refractivity (Wildman–Crippen MR) is 64.1 cm³/mol. The molecule has 0 bridgehead atoms. The molecule has 1 N–H and O–H groups in total. The average Bonchev–Trinajstić information content (AvgIpc) is 2.76. The fourth-order valence-electron chi connectivity index (χ4n) is 1.63. The molecule has 1 aromatic rings. The summed E-state index contributed by atoms with van der Waals surface area (Å²) in [7, 11) is 3.00. The molecule has 6 nitrogen and oxygen atoms in total. The van der Waals surface area contributed by atoms with Crippen molar-refractivity contribution in [2.45, 2.75) is 12.5 Å². The molecule has 1 fully saturated rings. The minimum Gasteiger partial charge on any atom is -0.360 e. The zero-order chi connectivity index (χ0) is 11.7. The number of aromatic nitrogens is 3. The average molecular weight is 242 g/mol. The van der Waals surface area contributed by atoms with Gasteiger partial charge in [-0.3, -0.25) is 9.36 Å². The van der Waals surface area contributed by atoms with Gasteiger partial charge in [-0.25, -0.2) is 9.48 Å². The predicted octanol–water partition coefficient (Wildman–Crippen LogP) is -0.604. The molecule has 0 saturated carbocycles. The number of rotatable bonds is 2. The molecule has 0 spiro atoms. The van der Waals surface area contributed by atoms with Crippen molar-refractivity contribution in [3.63, 3.8) is 0 Å². The lowest BCUT2D eigenvalue weighted by atomic mass is 10.3. The van der Waals surface area contributed by atoms with Gasteiger partial charge in [0.15, 0.2) is 0 Å². The molecule has 0 radical (unpaired) electrons. The third kappa shape index (κ3) is 1.99. The van der Waals surface area contributed by atoms with Crippen LogP contribution in [0.3, 0.4) is 0 Å². The topological polar surface area (TPSA) is 68.9 Å². The maximum atomic E-state index is 11.7. The Bertz CT molecular complexity index is 501. The summed E-state index contributed by atoms with van der Waals surface area (Å²) in [6, 6.07) is 0.280. The molecule has 1 aliphatic heterocycles. The van der Waals surface area contributed by atoms with Crippen molar-refractivity contribution >= 4 is 17.6 Å². The summed E-state index contributed by atoms with van der Waals surface area (Å²) in [6.07, 6.45) is 1.03. The van der Waals surface area contributed by atoms with Gasteiger partial charge >= 0.3 is 5.69 Å². The molecule has 0 aliphatic carbocycles. The Labute approximate surface area is 96.7 Å². The maximum absolute atomic E-state index is 11.7. The van der Waals surface area contributed by atoms with Gasteiger partial charge in [0.1, 0.15) is 0 Å². The molecule has 16 heavy (non-hydrogen) atoms. The second kappa shape index (κ2) is 4.32. The van der Waals surface area contributed by atoms with Gasteiger partial charge in [0.25, 0.3) is 5.56 Å². The van der Waals surface area contributed by atoms with Crippen molar-refractivity contribution in [3.8, 4) is 0 Å². The molecule has 2 rings (SSSR count). The normalized spacial score (nSPS) is 20.0. The van der Waals surface area contributed by atoms with E-state index in [0.717, 1.165) is 22.5 Å². The Balaban J connectivity index is 2.34. The van der Waals surface area contributed by atoms with Gasteiger partial charge in [0.05, 0.1) is 0 Å². The summed E-state index contributed by atoms with van der Waals surface area (Å²) in [5.74, 6) is 2.34.